The predicted octanol–water partition coefficient (Wildman–Crippen LogP) is 3.38. The maximum absolute atomic E-state index is 12.8. The van der Waals surface area contributed by atoms with Gasteiger partial charge in [0.25, 0.3) is 5.91 Å². The van der Waals surface area contributed by atoms with E-state index in [1.807, 2.05) is 31.2 Å². The zero-order valence-electron chi connectivity index (χ0n) is 15.0. The number of sulfonamides is 1. The minimum Gasteiger partial charge on any atom is -0.269 e. The van der Waals surface area contributed by atoms with Crippen molar-refractivity contribution in [2.75, 3.05) is 5.75 Å². The molecule has 3 aliphatic rings. The van der Waals surface area contributed by atoms with Gasteiger partial charge in [0.2, 0.25) is 10.0 Å². The van der Waals surface area contributed by atoms with Crippen LogP contribution in [0.25, 0.3) is 6.08 Å². The Morgan fingerprint density at radius 3 is 2.56 bits per heavy atom. The largest absolute Gasteiger partial charge is 0.269 e. The van der Waals surface area contributed by atoms with Gasteiger partial charge in [0, 0.05) is 11.5 Å². The van der Waals surface area contributed by atoms with E-state index in [4.69, 9.17) is 0 Å². The summed E-state index contributed by atoms with van der Waals surface area (Å²) >= 11 is 0. The molecule has 134 valence electrons. The minimum absolute atomic E-state index is 0.0135. The van der Waals surface area contributed by atoms with E-state index in [2.05, 4.69) is 13.8 Å². The molecule has 0 N–H and O–H groups in total. The Hall–Kier alpha value is -1.62. The molecule has 1 amide bonds. The van der Waals surface area contributed by atoms with E-state index in [1.54, 1.807) is 6.08 Å². The van der Waals surface area contributed by atoms with E-state index in [9.17, 15) is 13.2 Å². The molecule has 1 saturated heterocycles. The summed E-state index contributed by atoms with van der Waals surface area (Å²) in [6.45, 7) is 6.39. The number of benzene rings is 1. The van der Waals surface area contributed by atoms with Gasteiger partial charge in [-0.25, -0.2) is 12.7 Å². The fraction of sp³-hybridized carbons (Fsp3) is 0.550. The van der Waals surface area contributed by atoms with Gasteiger partial charge in [0.15, 0.2) is 0 Å². The molecule has 1 spiro atoms. The minimum atomic E-state index is -3.54. The van der Waals surface area contributed by atoms with Crippen LogP contribution in [0, 0.1) is 23.7 Å². The van der Waals surface area contributed by atoms with Gasteiger partial charge in [-0.3, -0.25) is 4.79 Å². The average molecular weight is 359 g/mol. The Morgan fingerprint density at radius 2 is 1.92 bits per heavy atom. The molecule has 4 rings (SSSR count). The van der Waals surface area contributed by atoms with Gasteiger partial charge in [-0.15, -0.1) is 0 Å². The number of fused-ring (bicyclic) bond motifs is 1. The quantitative estimate of drug-likeness (QED) is 0.761. The number of nitrogens with zero attached hydrogens (tertiary/aromatic N) is 1. The number of aryl methyl sites for hydroxylation is 1. The maximum atomic E-state index is 12.8. The second-order valence-electron chi connectivity index (χ2n) is 8.50. The molecule has 0 aromatic heterocycles. The molecule has 2 aliphatic carbocycles. The number of amides is 1. The van der Waals surface area contributed by atoms with Crippen molar-refractivity contribution in [2.45, 2.75) is 46.1 Å². The van der Waals surface area contributed by atoms with Gasteiger partial charge in [0.05, 0.1) is 11.8 Å². The van der Waals surface area contributed by atoms with E-state index in [-0.39, 0.29) is 22.6 Å². The summed E-state index contributed by atoms with van der Waals surface area (Å²) in [7, 11) is -3.54. The Kier molecular flexibility index (Phi) is 3.50. The van der Waals surface area contributed by atoms with Crippen molar-refractivity contribution >= 4 is 22.0 Å². The number of rotatable bonds is 2. The molecule has 3 fully saturated rings. The normalized spacial score (nSPS) is 34.6. The molecule has 1 aromatic rings. The molecule has 1 aromatic carbocycles. The van der Waals surface area contributed by atoms with Gasteiger partial charge in [-0.05, 0) is 49.2 Å². The van der Waals surface area contributed by atoms with Gasteiger partial charge in [-0.2, -0.15) is 0 Å². The van der Waals surface area contributed by atoms with Crippen LogP contribution in [0.3, 0.4) is 0 Å². The van der Waals surface area contributed by atoms with Crippen LogP contribution in [-0.2, 0) is 14.8 Å². The first-order chi connectivity index (χ1) is 11.7. The first-order valence-corrected chi connectivity index (χ1v) is 10.6. The first kappa shape index (κ1) is 16.8. The van der Waals surface area contributed by atoms with Crippen LogP contribution < -0.4 is 0 Å². The molecule has 0 radical (unpaired) electrons. The summed E-state index contributed by atoms with van der Waals surface area (Å²) in [4.78, 5) is 12.8. The van der Waals surface area contributed by atoms with Gasteiger partial charge in [0.1, 0.15) is 0 Å². The topological polar surface area (TPSA) is 54.5 Å². The molecule has 2 saturated carbocycles. The molecule has 25 heavy (non-hydrogen) atoms. The molecule has 0 unspecified atom stereocenters. The van der Waals surface area contributed by atoms with Crippen molar-refractivity contribution in [3.8, 4) is 0 Å². The lowest BCUT2D eigenvalue weighted by Crippen LogP contribution is -2.43. The maximum Gasteiger partial charge on any atom is 0.260 e. The second-order valence-corrected chi connectivity index (χ2v) is 10.3. The summed E-state index contributed by atoms with van der Waals surface area (Å²) in [5, 5.41) is 0. The zero-order valence-corrected chi connectivity index (χ0v) is 15.8. The lowest BCUT2D eigenvalue weighted by Gasteiger charge is -2.36. The van der Waals surface area contributed by atoms with Crippen LogP contribution in [0.5, 0.6) is 0 Å². The highest BCUT2D eigenvalue weighted by Gasteiger charge is 2.72. The third-order valence-corrected chi connectivity index (χ3v) is 9.04. The summed E-state index contributed by atoms with van der Waals surface area (Å²) in [5.74, 6) is 0.244. The number of hydrogen-bond acceptors (Lipinski definition) is 3. The number of carbonyl (C=O) groups excluding carboxylic acids is 1. The van der Waals surface area contributed by atoms with Crippen LogP contribution in [0.4, 0.5) is 0 Å². The smallest absolute Gasteiger partial charge is 0.260 e. The van der Waals surface area contributed by atoms with Gasteiger partial charge >= 0.3 is 0 Å². The average Bonchev–Trinajstić information content (AvgIpc) is 3.01. The van der Waals surface area contributed by atoms with Crippen LogP contribution in [0.1, 0.15) is 44.2 Å². The highest BCUT2D eigenvalue weighted by molar-refractivity contribution is 7.90. The molecular weight excluding hydrogens is 334 g/mol. The molecular formula is C20H25NO3S. The molecule has 1 aliphatic heterocycles. The Labute approximate surface area is 150 Å². The lowest BCUT2D eigenvalue weighted by molar-refractivity contribution is -0.123. The van der Waals surface area contributed by atoms with Crippen molar-refractivity contribution in [1.29, 1.82) is 0 Å². The molecule has 1 heterocycles. The molecule has 5 heteroatoms. The summed E-state index contributed by atoms with van der Waals surface area (Å²) in [6, 6.07) is 7.65. The first-order valence-electron chi connectivity index (χ1n) is 8.98. The number of carbonyl (C=O) groups is 1. The highest BCUT2D eigenvalue weighted by Crippen LogP contribution is 2.69. The predicted molar refractivity (Wildman–Crippen MR) is 98.2 cm³/mol. The van der Waals surface area contributed by atoms with E-state index >= 15 is 0 Å². The Morgan fingerprint density at radius 1 is 1.24 bits per heavy atom. The monoisotopic (exact) mass is 359 g/mol. The van der Waals surface area contributed by atoms with Crippen LogP contribution in [0.15, 0.2) is 30.3 Å². The summed E-state index contributed by atoms with van der Waals surface area (Å²) in [5.41, 5.74) is 1.78. The third kappa shape index (κ3) is 2.24. The standard InChI is InChI=1S/C20H25NO3S/c1-14-4-6-15(7-5-14)8-9-18(22)21-17-12-16-10-11-20(17,19(16,2)3)13-25(21,23)24/h4-9,16-17H,10-13H2,1-3H3/b9-8+/t16-,17+,20-/m0/s1. The van der Waals surface area contributed by atoms with E-state index in [0.717, 1.165) is 30.4 Å². The van der Waals surface area contributed by atoms with Gasteiger partial charge < -0.3 is 0 Å². The van der Waals surface area contributed by atoms with Crippen LogP contribution in [0.2, 0.25) is 0 Å². The summed E-state index contributed by atoms with van der Waals surface area (Å²) < 4.78 is 26.8. The molecule has 4 nitrogen and oxygen atoms in total. The van der Waals surface area contributed by atoms with Crippen molar-refractivity contribution < 1.29 is 13.2 Å². The van der Waals surface area contributed by atoms with Gasteiger partial charge in [-0.1, -0.05) is 43.7 Å². The molecule has 2 bridgehead atoms. The summed E-state index contributed by atoms with van der Waals surface area (Å²) in [6.07, 6.45) is 5.94. The van der Waals surface area contributed by atoms with E-state index in [0.29, 0.717) is 5.92 Å². The van der Waals surface area contributed by atoms with E-state index < -0.39 is 15.9 Å². The zero-order chi connectivity index (χ0) is 18.0. The third-order valence-electron chi connectivity index (χ3n) is 7.12. The van der Waals surface area contributed by atoms with E-state index in [1.165, 1.54) is 10.4 Å². The Bertz CT molecular complexity index is 853. The highest BCUT2D eigenvalue weighted by atomic mass is 32.2. The fourth-order valence-corrected chi connectivity index (χ4v) is 8.01. The van der Waals surface area contributed by atoms with Crippen molar-refractivity contribution in [2.24, 2.45) is 16.7 Å². The van der Waals surface area contributed by atoms with Crippen LogP contribution >= 0.6 is 0 Å². The Balaban J connectivity index is 1.64. The second kappa shape index (κ2) is 5.19. The fourth-order valence-electron chi connectivity index (χ4n) is 5.50. The lowest BCUT2D eigenvalue weighted by atomic mass is 9.69. The van der Waals surface area contributed by atoms with Crippen molar-refractivity contribution in [1.82, 2.24) is 4.31 Å². The van der Waals surface area contributed by atoms with Crippen molar-refractivity contribution in [3.05, 3.63) is 41.5 Å². The number of hydrogen-bond donors (Lipinski definition) is 0. The van der Waals surface area contributed by atoms with Crippen LogP contribution in [-0.4, -0.2) is 30.4 Å². The van der Waals surface area contributed by atoms with Crippen molar-refractivity contribution in [3.63, 3.8) is 0 Å². The molecule has 3 atom stereocenters. The SMILES string of the molecule is Cc1ccc(/C=C/C(=O)N2[C@@H]3C[C@@H]4CC[C@@]3(CS2(=O)=O)C4(C)C)cc1.